The first-order chi connectivity index (χ1) is 11.2. The number of likely N-dealkylation sites (tertiary alicyclic amines) is 1. The van der Waals surface area contributed by atoms with Crippen molar-refractivity contribution >= 4 is 20.6 Å². The highest BCUT2D eigenvalue weighted by Crippen LogP contribution is 2.31. The smallest absolute Gasteiger partial charge is 0.374 e. The Morgan fingerprint density at radius 1 is 1.04 bits per heavy atom. The van der Waals surface area contributed by atoms with Crippen LogP contribution in [0.4, 0.5) is 0 Å². The van der Waals surface area contributed by atoms with E-state index in [4.69, 9.17) is 13.3 Å². The second-order valence-corrected chi connectivity index (χ2v) is 9.75. The minimum absolute atomic E-state index is 0.0519. The maximum absolute atomic E-state index is 12.5. The third kappa shape index (κ3) is 5.37. The average Bonchev–Trinajstić information content (AvgIpc) is 2.74. The number of imide groups is 1. The first-order valence-corrected chi connectivity index (χ1v) is 10.9. The molecule has 0 saturated carbocycles. The molecule has 1 aliphatic heterocycles. The molecule has 140 valence electrons. The van der Waals surface area contributed by atoms with Gasteiger partial charge in [-0.25, -0.2) is 0 Å². The highest BCUT2D eigenvalue weighted by molar-refractivity contribution is 6.60. The first kappa shape index (κ1) is 21.3. The topological polar surface area (TPSA) is 65.1 Å². The quantitative estimate of drug-likeness (QED) is 0.443. The number of amides is 2. The van der Waals surface area contributed by atoms with Crippen LogP contribution in [0.5, 0.6) is 0 Å². The fraction of sp³-hybridized carbons (Fsp3) is 0.882. The van der Waals surface area contributed by atoms with E-state index in [0.717, 1.165) is 6.42 Å². The molecule has 24 heavy (non-hydrogen) atoms. The van der Waals surface area contributed by atoms with Gasteiger partial charge >= 0.3 is 8.80 Å². The molecule has 0 radical (unpaired) electrons. The normalized spacial score (nSPS) is 19.4. The van der Waals surface area contributed by atoms with E-state index in [1.54, 1.807) is 0 Å². The summed E-state index contributed by atoms with van der Waals surface area (Å²) in [5.74, 6) is -0.349. The first-order valence-electron chi connectivity index (χ1n) is 8.99. The Labute approximate surface area is 147 Å². The fourth-order valence-electron chi connectivity index (χ4n) is 3.19. The van der Waals surface area contributed by atoms with Crippen molar-refractivity contribution in [3.8, 4) is 0 Å². The van der Waals surface area contributed by atoms with E-state index in [2.05, 4.69) is 0 Å². The summed E-state index contributed by atoms with van der Waals surface area (Å²) in [5, 5.41) is 0. The summed E-state index contributed by atoms with van der Waals surface area (Å²) in [5.41, 5.74) is -0.455. The molecule has 1 rings (SSSR count). The van der Waals surface area contributed by atoms with Gasteiger partial charge in [-0.1, -0.05) is 0 Å². The van der Waals surface area contributed by atoms with Crippen LogP contribution in [0.3, 0.4) is 0 Å². The van der Waals surface area contributed by atoms with Crippen LogP contribution in [0, 0.1) is 5.92 Å². The minimum Gasteiger partial charge on any atom is -0.374 e. The van der Waals surface area contributed by atoms with Crippen molar-refractivity contribution in [3.63, 3.8) is 0 Å². The summed E-state index contributed by atoms with van der Waals surface area (Å²) in [6.07, 6.45) is 1.73. The molecule has 7 heteroatoms. The second-order valence-electron chi connectivity index (χ2n) is 7.01. The van der Waals surface area contributed by atoms with Crippen LogP contribution in [0.2, 0.25) is 6.04 Å². The molecule has 2 amide bonds. The largest absolute Gasteiger partial charge is 0.500 e. The number of hydrogen-bond donors (Lipinski definition) is 0. The predicted octanol–water partition coefficient (Wildman–Crippen LogP) is 2.99. The van der Waals surface area contributed by atoms with Gasteiger partial charge in [0.1, 0.15) is 0 Å². The number of hydrogen-bond acceptors (Lipinski definition) is 5. The van der Waals surface area contributed by atoms with E-state index < -0.39 is 14.3 Å². The van der Waals surface area contributed by atoms with Gasteiger partial charge in [0, 0.05) is 43.7 Å². The maximum Gasteiger partial charge on any atom is 0.500 e. The van der Waals surface area contributed by atoms with Crippen LogP contribution in [-0.2, 0) is 22.9 Å². The Morgan fingerprint density at radius 2 is 1.54 bits per heavy atom. The van der Waals surface area contributed by atoms with Gasteiger partial charge in [-0.3, -0.25) is 14.5 Å². The molecule has 0 aromatic heterocycles. The van der Waals surface area contributed by atoms with Crippen molar-refractivity contribution in [1.82, 2.24) is 4.90 Å². The zero-order valence-corrected chi connectivity index (χ0v) is 17.0. The number of carbonyl (C=O) groups is 2. The number of rotatable bonds is 10. The molecule has 0 aromatic rings. The highest BCUT2D eigenvalue weighted by Gasteiger charge is 2.45. The van der Waals surface area contributed by atoms with Crippen molar-refractivity contribution in [2.75, 3.05) is 19.8 Å². The Kier molecular flexibility index (Phi) is 8.05. The maximum atomic E-state index is 12.5. The Morgan fingerprint density at radius 3 is 1.92 bits per heavy atom. The molecule has 1 unspecified atom stereocenters. The summed E-state index contributed by atoms with van der Waals surface area (Å²) in [7, 11) is -2.67. The summed E-state index contributed by atoms with van der Waals surface area (Å²) >= 11 is 0. The molecule has 0 spiro atoms. The lowest BCUT2D eigenvalue weighted by atomic mass is 10.0. The van der Waals surface area contributed by atoms with Gasteiger partial charge in [0.2, 0.25) is 11.8 Å². The van der Waals surface area contributed by atoms with Crippen molar-refractivity contribution < 1.29 is 22.9 Å². The molecule has 0 N–H and O–H groups in total. The molecule has 1 fully saturated rings. The molecule has 0 bridgehead atoms. The highest BCUT2D eigenvalue weighted by atomic mass is 28.4. The van der Waals surface area contributed by atoms with Gasteiger partial charge in [0.25, 0.3) is 0 Å². The molecule has 1 heterocycles. The van der Waals surface area contributed by atoms with Crippen LogP contribution in [-0.4, -0.2) is 50.9 Å². The Hall–Kier alpha value is -0.763. The van der Waals surface area contributed by atoms with Crippen LogP contribution in [0.15, 0.2) is 0 Å². The minimum atomic E-state index is -2.67. The summed E-state index contributed by atoms with van der Waals surface area (Å²) in [6, 6.07) is 0.677. The van der Waals surface area contributed by atoms with Gasteiger partial charge in [0.15, 0.2) is 0 Å². The van der Waals surface area contributed by atoms with Crippen LogP contribution in [0.25, 0.3) is 0 Å². The fourth-order valence-corrected chi connectivity index (χ4v) is 5.83. The third-order valence-corrected chi connectivity index (χ3v) is 7.19. The van der Waals surface area contributed by atoms with Crippen LogP contribution in [0.1, 0.15) is 60.8 Å². The predicted molar refractivity (Wildman–Crippen MR) is 94.4 cm³/mol. The summed E-state index contributed by atoms with van der Waals surface area (Å²) in [4.78, 5) is 26.1. The van der Waals surface area contributed by atoms with Crippen LogP contribution < -0.4 is 0 Å². The number of carbonyl (C=O) groups excluding carboxylic acids is 2. The van der Waals surface area contributed by atoms with Gasteiger partial charge in [0.05, 0.1) is 0 Å². The lowest BCUT2D eigenvalue weighted by Crippen LogP contribution is -2.46. The van der Waals surface area contributed by atoms with E-state index in [9.17, 15) is 9.59 Å². The number of nitrogens with zero attached hydrogens (tertiary/aromatic N) is 1. The van der Waals surface area contributed by atoms with Crippen molar-refractivity contribution in [2.24, 2.45) is 5.92 Å². The molecule has 6 nitrogen and oxygen atoms in total. The second kappa shape index (κ2) is 9.08. The summed E-state index contributed by atoms with van der Waals surface area (Å²) < 4.78 is 17.5. The molecule has 1 atom stereocenters. The SMILES string of the molecule is CCO[Si](CCCC1CC(=O)N(C(C)(C)C)C1=O)(OCC)OCC. The van der Waals surface area contributed by atoms with Gasteiger partial charge in [-0.2, -0.15) is 0 Å². The van der Waals surface area contributed by atoms with Crippen LogP contribution >= 0.6 is 0 Å². The van der Waals surface area contributed by atoms with Gasteiger partial charge in [-0.05, 0) is 54.4 Å². The monoisotopic (exact) mass is 359 g/mol. The molecule has 1 saturated heterocycles. The standard InChI is InChI=1S/C17H33NO5Si/c1-7-21-24(22-8-2,23-9-3)12-10-11-14-13-15(19)18(16(14)20)17(4,5)6/h14H,7-13H2,1-6H3. The molecule has 0 aliphatic carbocycles. The van der Waals surface area contributed by atoms with Gasteiger partial charge < -0.3 is 13.3 Å². The van der Waals surface area contributed by atoms with E-state index in [0.29, 0.717) is 38.7 Å². The van der Waals surface area contributed by atoms with E-state index in [-0.39, 0.29) is 17.7 Å². The lowest BCUT2D eigenvalue weighted by Gasteiger charge is -2.30. The molecular formula is C17H33NO5Si. The van der Waals surface area contributed by atoms with E-state index >= 15 is 0 Å². The van der Waals surface area contributed by atoms with E-state index in [1.165, 1.54) is 4.90 Å². The molecule has 0 aromatic carbocycles. The Balaban J connectivity index is 2.65. The molecule has 1 aliphatic rings. The Bertz CT molecular complexity index is 418. The van der Waals surface area contributed by atoms with Gasteiger partial charge in [-0.15, -0.1) is 0 Å². The van der Waals surface area contributed by atoms with E-state index in [1.807, 2.05) is 41.5 Å². The lowest BCUT2D eigenvalue weighted by molar-refractivity contribution is -0.144. The molecular weight excluding hydrogens is 326 g/mol. The van der Waals surface area contributed by atoms with Crippen molar-refractivity contribution in [1.29, 1.82) is 0 Å². The van der Waals surface area contributed by atoms with Crippen molar-refractivity contribution in [2.45, 2.75) is 72.4 Å². The average molecular weight is 360 g/mol. The van der Waals surface area contributed by atoms with Crippen molar-refractivity contribution in [3.05, 3.63) is 0 Å². The zero-order valence-electron chi connectivity index (χ0n) is 16.0. The zero-order chi connectivity index (χ0) is 18.4. The third-order valence-electron chi connectivity index (χ3n) is 4.04. The summed E-state index contributed by atoms with van der Waals surface area (Å²) in [6.45, 7) is 13.1.